The monoisotopic (exact) mass is 268 g/mol. The van der Waals surface area contributed by atoms with Gasteiger partial charge in [-0.15, -0.1) is 0 Å². The van der Waals surface area contributed by atoms with Crippen molar-refractivity contribution in [1.29, 1.82) is 0 Å². The van der Waals surface area contributed by atoms with Gasteiger partial charge >= 0.3 is 0 Å². The summed E-state index contributed by atoms with van der Waals surface area (Å²) in [5, 5.41) is 9.64. The maximum Gasteiger partial charge on any atom is 0.129 e. The predicted molar refractivity (Wildman–Crippen MR) is 77.9 cm³/mol. The van der Waals surface area contributed by atoms with E-state index in [9.17, 15) is 5.11 Å². The Hall–Kier alpha value is -2.26. The summed E-state index contributed by atoms with van der Waals surface area (Å²) >= 11 is 0. The first-order valence-electron chi connectivity index (χ1n) is 6.62. The van der Waals surface area contributed by atoms with Crippen molar-refractivity contribution in [2.24, 2.45) is 0 Å². The molecule has 0 bridgehead atoms. The Labute approximate surface area is 118 Å². The summed E-state index contributed by atoms with van der Waals surface area (Å²) in [5.41, 5.74) is 1.98. The van der Waals surface area contributed by atoms with E-state index in [1.165, 1.54) is 0 Å². The largest absolute Gasteiger partial charge is 0.490 e. The number of aliphatic hydroxyl groups is 1. The molecule has 0 fully saturated rings. The van der Waals surface area contributed by atoms with Gasteiger partial charge in [-0.3, -0.25) is 0 Å². The van der Waals surface area contributed by atoms with Gasteiger partial charge in [0, 0.05) is 11.6 Å². The van der Waals surface area contributed by atoms with E-state index in [1.807, 2.05) is 60.7 Å². The summed E-state index contributed by atoms with van der Waals surface area (Å²) in [5.74, 6) is 1.46. The second-order valence-corrected chi connectivity index (χ2v) is 4.65. The highest BCUT2D eigenvalue weighted by atomic mass is 16.5. The molecule has 0 aliphatic carbocycles. The maximum absolute atomic E-state index is 9.64. The molecule has 0 amide bonds. The molecule has 2 aromatic carbocycles. The van der Waals surface area contributed by atoms with Crippen LogP contribution in [-0.2, 0) is 0 Å². The van der Waals surface area contributed by atoms with Crippen LogP contribution >= 0.6 is 0 Å². The van der Waals surface area contributed by atoms with Gasteiger partial charge in [-0.05, 0) is 23.8 Å². The molecule has 1 aliphatic rings. The molecule has 3 heteroatoms. The standard InChI is InChI=1S/C17H16O3/c18-16-12-20-17-11-14(8-9-15(16)17)19-10-4-7-13-5-2-1-3-6-13/h1-9,11,16,18H,10,12H2. The average molecular weight is 268 g/mol. The third-order valence-corrected chi connectivity index (χ3v) is 3.20. The van der Waals surface area contributed by atoms with Crippen LogP contribution in [0.25, 0.3) is 6.08 Å². The SMILES string of the molecule is OC1COc2cc(OCC=Cc3ccccc3)ccc21. The molecule has 1 atom stereocenters. The number of aliphatic hydroxyl groups excluding tert-OH is 1. The molecule has 0 spiro atoms. The molecule has 0 radical (unpaired) electrons. The van der Waals surface area contributed by atoms with Gasteiger partial charge in [-0.1, -0.05) is 36.4 Å². The second kappa shape index (κ2) is 5.80. The zero-order valence-corrected chi connectivity index (χ0v) is 11.0. The van der Waals surface area contributed by atoms with Crippen molar-refractivity contribution in [3.63, 3.8) is 0 Å². The molecule has 0 aromatic heterocycles. The van der Waals surface area contributed by atoms with Crippen LogP contribution in [0.1, 0.15) is 17.2 Å². The van der Waals surface area contributed by atoms with E-state index >= 15 is 0 Å². The van der Waals surface area contributed by atoms with Crippen molar-refractivity contribution in [2.45, 2.75) is 6.10 Å². The molecule has 1 aliphatic heterocycles. The summed E-state index contributed by atoms with van der Waals surface area (Å²) < 4.78 is 11.0. The summed E-state index contributed by atoms with van der Waals surface area (Å²) in [7, 11) is 0. The molecule has 20 heavy (non-hydrogen) atoms. The molecule has 102 valence electrons. The first-order valence-corrected chi connectivity index (χ1v) is 6.62. The molecule has 1 unspecified atom stereocenters. The average Bonchev–Trinajstić information content (AvgIpc) is 2.86. The van der Waals surface area contributed by atoms with E-state index in [4.69, 9.17) is 9.47 Å². The number of hydrogen-bond donors (Lipinski definition) is 1. The summed E-state index contributed by atoms with van der Waals surface area (Å²) in [4.78, 5) is 0. The van der Waals surface area contributed by atoms with E-state index in [1.54, 1.807) is 0 Å². The summed E-state index contributed by atoms with van der Waals surface area (Å²) in [6.07, 6.45) is 3.48. The maximum atomic E-state index is 9.64. The lowest BCUT2D eigenvalue weighted by atomic mass is 10.1. The van der Waals surface area contributed by atoms with Crippen molar-refractivity contribution < 1.29 is 14.6 Å². The molecule has 0 saturated carbocycles. The zero-order valence-electron chi connectivity index (χ0n) is 11.0. The lowest BCUT2D eigenvalue weighted by Gasteiger charge is -2.05. The first kappa shape index (κ1) is 12.8. The first-order chi connectivity index (χ1) is 9.83. The fourth-order valence-electron chi connectivity index (χ4n) is 2.16. The Bertz CT molecular complexity index is 605. The molecular weight excluding hydrogens is 252 g/mol. The van der Waals surface area contributed by atoms with Crippen LogP contribution in [0.15, 0.2) is 54.6 Å². The van der Waals surface area contributed by atoms with Crippen LogP contribution in [-0.4, -0.2) is 18.3 Å². The van der Waals surface area contributed by atoms with Gasteiger partial charge in [0.2, 0.25) is 0 Å². The normalized spacial score (nSPS) is 16.9. The quantitative estimate of drug-likeness (QED) is 0.925. The number of hydrogen-bond acceptors (Lipinski definition) is 3. The Balaban J connectivity index is 1.58. The van der Waals surface area contributed by atoms with Crippen molar-refractivity contribution in [2.75, 3.05) is 13.2 Å². The third-order valence-electron chi connectivity index (χ3n) is 3.20. The lowest BCUT2D eigenvalue weighted by Crippen LogP contribution is -1.97. The second-order valence-electron chi connectivity index (χ2n) is 4.65. The number of benzene rings is 2. The highest BCUT2D eigenvalue weighted by Crippen LogP contribution is 2.34. The predicted octanol–water partition coefficient (Wildman–Crippen LogP) is 3.20. The topological polar surface area (TPSA) is 38.7 Å². The third kappa shape index (κ3) is 2.83. The van der Waals surface area contributed by atoms with E-state index in [2.05, 4.69) is 0 Å². The van der Waals surface area contributed by atoms with Crippen molar-refractivity contribution >= 4 is 6.08 Å². The molecule has 1 N–H and O–H groups in total. The Morgan fingerprint density at radius 2 is 2.05 bits per heavy atom. The minimum atomic E-state index is -0.517. The Morgan fingerprint density at radius 3 is 2.90 bits per heavy atom. The zero-order chi connectivity index (χ0) is 13.8. The van der Waals surface area contributed by atoms with Crippen LogP contribution in [0, 0.1) is 0 Å². The van der Waals surface area contributed by atoms with Gasteiger partial charge in [0.25, 0.3) is 0 Å². The molecule has 3 rings (SSSR count). The van der Waals surface area contributed by atoms with Gasteiger partial charge < -0.3 is 14.6 Å². The summed E-state index contributed by atoms with van der Waals surface area (Å²) in [6, 6.07) is 15.6. The lowest BCUT2D eigenvalue weighted by molar-refractivity contribution is 0.140. The number of fused-ring (bicyclic) bond motifs is 1. The minimum Gasteiger partial charge on any atom is -0.490 e. The van der Waals surface area contributed by atoms with E-state index < -0.39 is 6.10 Å². The van der Waals surface area contributed by atoms with Crippen LogP contribution in [0.3, 0.4) is 0 Å². The number of ether oxygens (including phenoxy) is 2. The van der Waals surface area contributed by atoms with Gasteiger partial charge in [0.05, 0.1) is 0 Å². The van der Waals surface area contributed by atoms with Crippen molar-refractivity contribution in [3.05, 3.63) is 65.7 Å². The van der Waals surface area contributed by atoms with E-state index in [-0.39, 0.29) is 0 Å². The van der Waals surface area contributed by atoms with Crippen LogP contribution in [0.5, 0.6) is 11.5 Å². The fraction of sp³-hybridized carbons (Fsp3) is 0.176. The smallest absolute Gasteiger partial charge is 0.129 e. The van der Waals surface area contributed by atoms with Crippen LogP contribution in [0.2, 0.25) is 0 Å². The van der Waals surface area contributed by atoms with Gasteiger partial charge in [0.1, 0.15) is 30.8 Å². The van der Waals surface area contributed by atoms with Crippen LogP contribution in [0.4, 0.5) is 0 Å². The van der Waals surface area contributed by atoms with Crippen molar-refractivity contribution in [3.8, 4) is 11.5 Å². The van der Waals surface area contributed by atoms with Gasteiger partial charge in [0.15, 0.2) is 0 Å². The van der Waals surface area contributed by atoms with Gasteiger partial charge in [-0.2, -0.15) is 0 Å². The molecule has 3 nitrogen and oxygen atoms in total. The number of rotatable bonds is 4. The Kier molecular flexibility index (Phi) is 3.70. The molecule has 2 aromatic rings. The fourth-order valence-corrected chi connectivity index (χ4v) is 2.16. The molecule has 0 saturated heterocycles. The minimum absolute atomic E-state index is 0.326. The van der Waals surface area contributed by atoms with Crippen LogP contribution < -0.4 is 9.47 Å². The summed E-state index contributed by atoms with van der Waals surface area (Å²) in [6.45, 7) is 0.822. The molecular formula is C17H16O3. The molecule has 1 heterocycles. The van der Waals surface area contributed by atoms with E-state index in [0.717, 1.165) is 16.9 Å². The Morgan fingerprint density at radius 1 is 1.20 bits per heavy atom. The highest BCUT2D eigenvalue weighted by Gasteiger charge is 2.21. The highest BCUT2D eigenvalue weighted by molar-refractivity contribution is 5.49. The van der Waals surface area contributed by atoms with Gasteiger partial charge in [-0.25, -0.2) is 0 Å². The van der Waals surface area contributed by atoms with E-state index in [0.29, 0.717) is 19.0 Å². The van der Waals surface area contributed by atoms with Crippen molar-refractivity contribution in [1.82, 2.24) is 0 Å².